The maximum atomic E-state index is 11.7. The number of carbonyl (C=O) groups excluding carboxylic acids is 1. The van der Waals surface area contributed by atoms with Gasteiger partial charge in [-0.25, -0.2) is 4.79 Å². The highest BCUT2D eigenvalue weighted by Gasteiger charge is 2.27. The first-order chi connectivity index (χ1) is 8.81. The van der Waals surface area contributed by atoms with Crippen molar-refractivity contribution in [3.8, 4) is 0 Å². The summed E-state index contributed by atoms with van der Waals surface area (Å²) in [5, 5.41) is 12.3. The van der Waals surface area contributed by atoms with Crippen molar-refractivity contribution in [3.05, 3.63) is 0 Å². The lowest BCUT2D eigenvalue weighted by Gasteiger charge is -2.25. The summed E-state index contributed by atoms with van der Waals surface area (Å²) >= 11 is 0. The Hall–Kier alpha value is -0.810. The Bertz CT molecular complexity index is 242. The minimum atomic E-state index is -0.150. The lowest BCUT2D eigenvalue weighted by molar-refractivity contribution is 0.133. The molecule has 5 nitrogen and oxygen atoms in total. The lowest BCUT2D eigenvalue weighted by Crippen LogP contribution is -2.35. The molecule has 2 amide bonds. The normalized spacial score (nSPS) is 20.9. The van der Waals surface area contributed by atoms with Gasteiger partial charge in [-0.3, -0.25) is 4.90 Å². The number of aliphatic hydroxyl groups is 1. The van der Waals surface area contributed by atoms with Crippen molar-refractivity contribution in [2.45, 2.75) is 33.1 Å². The number of amides is 2. The molecule has 0 saturated carbocycles. The van der Waals surface area contributed by atoms with Crippen molar-refractivity contribution >= 4 is 6.03 Å². The number of nitrogens with zero attached hydrogens (tertiary/aromatic N) is 2. The van der Waals surface area contributed by atoms with Gasteiger partial charge in [0, 0.05) is 19.6 Å². The van der Waals surface area contributed by atoms with Crippen LogP contribution in [0.3, 0.4) is 0 Å². The molecule has 2 rings (SSSR count). The van der Waals surface area contributed by atoms with Crippen molar-refractivity contribution in [2.24, 2.45) is 5.92 Å². The third kappa shape index (κ3) is 4.14. The molecule has 2 N–H and O–H groups in total. The van der Waals surface area contributed by atoms with E-state index in [4.69, 9.17) is 5.11 Å². The first-order valence-corrected chi connectivity index (χ1v) is 7.16. The Kier molecular flexibility index (Phi) is 7.05. The average molecular weight is 257 g/mol. The molecule has 0 atom stereocenters. The van der Waals surface area contributed by atoms with E-state index in [-0.39, 0.29) is 12.8 Å². The smallest absolute Gasteiger partial charge is 0.321 e. The SMILES string of the molecule is CC.O=C1N(CO)CCN1CCC1CCNCC1. The van der Waals surface area contributed by atoms with Crippen molar-refractivity contribution in [1.82, 2.24) is 15.1 Å². The Labute approximate surface area is 110 Å². The van der Waals surface area contributed by atoms with Crippen LogP contribution in [-0.2, 0) is 0 Å². The summed E-state index contributed by atoms with van der Waals surface area (Å²) in [5.41, 5.74) is 0. The van der Waals surface area contributed by atoms with Crippen LogP contribution in [0.5, 0.6) is 0 Å². The molecule has 0 unspecified atom stereocenters. The highest BCUT2D eigenvalue weighted by atomic mass is 16.3. The van der Waals surface area contributed by atoms with Crippen LogP contribution in [0.25, 0.3) is 0 Å². The highest BCUT2D eigenvalue weighted by molar-refractivity contribution is 5.76. The molecule has 0 spiro atoms. The number of piperidine rings is 1. The van der Waals surface area contributed by atoms with Gasteiger partial charge in [-0.2, -0.15) is 0 Å². The van der Waals surface area contributed by atoms with E-state index < -0.39 is 0 Å². The Morgan fingerprint density at radius 3 is 2.39 bits per heavy atom. The van der Waals surface area contributed by atoms with Crippen LogP contribution in [0.4, 0.5) is 4.79 Å². The summed E-state index contributed by atoms with van der Waals surface area (Å²) in [5.74, 6) is 0.761. The van der Waals surface area contributed by atoms with E-state index in [0.29, 0.717) is 6.54 Å². The molecule has 0 aromatic carbocycles. The largest absolute Gasteiger partial charge is 0.376 e. The Morgan fingerprint density at radius 2 is 1.83 bits per heavy atom. The quantitative estimate of drug-likeness (QED) is 0.792. The molecule has 0 bridgehead atoms. The number of aliphatic hydroxyl groups excluding tert-OH is 1. The molecule has 2 saturated heterocycles. The van der Waals surface area contributed by atoms with Gasteiger partial charge >= 0.3 is 6.03 Å². The summed E-state index contributed by atoms with van der Waals surface area (Å²) < 4.78 is 0. The number of nitrogens with one attached hydrogen (secondary N) is 1. The first-order valence-electron chi connectivity index (χ1n) is 7.16. The molecule has 0 radical (unpaired) electrons. The maximum Gasteiger partial charge on any atom is 0.321 e. The lowest BCUT2D eigenvalue weighted by atomic mass is 9.94. The zero-order valence-corrected chi connectivity index (χ0v) is 11.7. The zero-order valence-electron chi connectivity index (χ0n) is 11.7. The second-order valence-electron chi connectivity index (χ2n) is 4.66. The van der Waals surface area contributed by atoms with E-state index >= 15 is 0 Å². The van der Waals surface area contributed by atoms with E-state index in [1.54, 1.807) is 0 Å². The van der Waals surface area contributed by atoms with Crippen LogP contribution in [0.15, 0.2) is 0 Å². The topological polar surface area (TPSA) is 55.8 Å². The first kappa shape index (κ1) is 15.2. The van der Waals surface area contributed by atoms with E-state index in [9.17, 15) is 4.79 Å². The van der Waals surface area contributed by atoms with Crippen molar-refractivity contribution in [3.63, 3.8) is 0 Å². The zero-order chi connectivity index (χ0) is 13.4. The van der Waals surface area contributed by atoms with E-state index in [1.807, 2.05) is 18.7 Å². The molecule has 2 heterocycles. The van der Waals surface area contributed by atoms with Gasteiger partial charge in [0.1, 0.15) is 6.73 Å². The fraction of sp³-hybridized carbons (Fsp3) is 0.923. The van der Waals surface area contributed by atoms with E-state index in [2.05, 4.69) is 5.32 Å². The van der Waals surface area contributed by atoms with Gasteiger partial charge in [0.15, 0.2) is 0 Å². The highest BCUT2D eigenvalue weighted by Crippen LogP contribution is 2.18. The Morgan fingerprint density at radius 1 is 1.22 bits per heavy atom. The number of rotatable bonds is 4. The second kappa shape index (κ2) is 8.32. The van der Waals surface area contributed by atoms with Crippen LogP contribution in [0.1, 0.15) is 33.1 Å². The summed E-state index contributed by atoms with van der Waals surface area (Å²) in [4.78, 5) is 15.0. The standard InChI is InChI=1S/C11H21N3O2.C2H6/c15-9-14-8-7-13(11(14)16)6-3-10-1-4-12-5-2-10;1-2/h10,12,15H,1-9H2;1-2H3. The fourth-order valence-corrected chi connectivity index (χ4v) is 2.48. The molecular weight excluding hydrogens is 230 g/mol. The predicted octanol–water partition coefficient (Wildman–Crippen LogP) is 1.09. The summed E-state index contributed by atoms with van der Waals surface area (Å²) in [6.45, 7) is 8.36. The fourth-order valence-electron chi connectivity index (χ4n) is 2.48. The van der Waals surface area contributed by atoms with Crippen molar-refractivity contribution < 1.29 is 9.90 Å². The third-order valence-corrected chi connectivity index (χ3v) is 3.62. The van der Waals surface area contributed by atoms with Gasteiger partial charge in [-0.05, 0) is 38.3 Å². The van der Waals surface area contributed by atoms with Gasteiger partial charge in [-0.15, -0.1) is 0 Å². The number of hydrogen-bond acceptors (Lipinski definition) is 3. The molecule has 5 heteroatoms. The molecule has 2 aliphatic rings. The molecule has 18 heavy (non-hydrogen) atoms. The van der Waals surface area contributed by atoms with E-state index in [0.717, 1.165) is 38.5 Å². The van der Waals surface area contributed by atoms with Crippen molar-refractivity contribution in [2.75, 3.05) is 39.5 Å². The van der Waals surface area contributed by atoms with Gasteiger partial charge in [-0.1, -0.05) is 13.8 Å². The average Bonchev–Trinajstić information content (AvgIpc) is 2.80. The predicted molar refractivity (Wildman–Crippen MR) is 72.3 cm³/mol. The summed E-state index contributed by atoms with van der Waals surface area (Å²) in [7, 11) is 0. The van der Waals surface area contributed by atoms with Crippen LogP contribution < -0.4 is 5.32 Å². The van der Waals surface area contributed by atoms with E-state index in [1.165, 1.54) is 17.7 Å². The Balaban J connectivity index is 0.000000771. The van der Waals surface area contributed by atoms with Crippen LogP contribution in [0, 0.1) is 5.92 Å². The van der Waals surface area contributed by atoms with Crippen molar-refractivity contribution in [1.29, 1.82) is 0 Å². The summed E-state index contributed by atoms with van der Waals surface area (Å²) in [6.07, 6.45) is 3.56. The number of hydrogen-bond donors (Lipinski definition) is 2. The summed E-state index contributed by atoms with van der Waals surface area (Å²) in [6, 6.07) is -0.00330. The number of carbonyl (C=O) groups is 1. The molecule has 0 aliphatic carbocycles. The van der Waals surface area contributed by atoms with Gasteiger partial charge in [0.2, 0.25) is 0 Å². The van der Waals surface area contributed by atoms with Crippen LogP contribution >= 0.6 is 0 Å². The molecule has 2 fully saturated rings. The molecular formula is C13H27N3O2. The van der Waals surface area contributed by atoms with Gasteiger partial charge in [0.25, 0.3) is 0 Å². The van der Waals surface area contributed by atoms with Crippen LogP contribution in [0.2, 0.25) is 0 Å². The molecule has 106 valence electrons. The van der Waals surface area contributed by atoms with Gasteiger partial charge < -0.3 is 15.3 Å². The van der Waals surface area contributed by atoms with Crippen LogP contribution in [-0.4, -0.2) is 60.4 Å². The second-order valence-corrected chi connectivity index (χ2v) is 4.66. The minimum absolute atomic E-state index is 0.00330. The minimum Gasteiger partial charge on any atom is -0.376 e. The van der Waals surface area contributed by atoms with Gasteiger partial charge in [0.05, 0.1) is 0 Å². The molecule has 2 aliphatic heterocycles. The number of urea groups is 1. The molecule has 0 aromatic heterocycles. The third-order valence-electron chi connectivity index (χ3n) is 3.62. The monoisotopic (exact) mass is 257 g/mol. The maximum absolute atomic E-state index is 11.7. The molecule has 0 aromatic rings.